The van der Waals surface area contributed by atoms with E-state index in [1.165, 1.54) is 24.5 Å². The maximum absolute atomic E-state index is 12.7. The number of halogens is 1. The molecule has 3 rings (SSSR count). The molecule has 1 aliphatic rings. The van der Waals surface area contributed by atoms with E-state index in [0.717, 1.165) is 11.5 Å². The third-order valence-electron chi connectivity index (χ3n) is 5.13. The van der Waals surface area contributed by atoms with E-state index in [2.05, 4.69) is 92.6 Å². The normalized spacial score (nSPS) is 14.4. The van der Waals surface area contributed by atoms with E-state index >= 15 is 0 Å². The number of benzene rings is 2. The molecule has 28 heavy (non-hydrogen) atoms. The summed E-state index contributed by atoms with van der Waals surface area (Å²) in [5.74, 6) is 0.893. The van der Waals surface area contributed by atoms with Crippen molar-refractivity contribution in [3.05, 3.63) is 71.5 Å². The molecule has 0 spiro atoms. The molecule has 0 amide bonds. The molecule has 0 nitrogen and oxygen atoms in total. The van der Waals surface area contributed by atoms with Gasteiger partial charge in [-0.2, -0.15) is 0 Å². The van der Waals surface area contributed by atoms with Gasteiger partial charge in [-0.1, -0.05) is 105 Å². The van der Waals surface area contributed by atoms with E-state index in [0.29, 0.717) is 10.8 Å². The summed E-state index contributed by atoms with van der Waals surface area (Å²) in [5, 5.41) is 0. The molecule has 0 unspecified atom stereocenters. The predicted octanol–water partition coefficient (Wildman–Crippen LogP) is 8.55. The third kappa shape index (κ3) is 9.53. The second-order valence-corrected chi connectivity index (χ2v) is 11.0. The monoisotopic (exact) mass is 384 g/mol. The van der Waals surface area contributed by atoms with Crippen molar-refractivity contribution in [3.63, 3.8) is 0 Å². The van der Waals surface area contributed by atoms with Crippen LogP contribution in [-0.4, -0.2) is 0 Å². The van der Waals surface area contributed by atoms with Crippen molar-refractivity contribution >= 4 is 0 Å². The van der Waals surface area contributed by atoms with E-state index in [9.17, 15) is 4.39 Å². The summed E-state index contributed by atoms with van der Waals surface area (Å²) >= 11 is 0. The molecule has 0 atom stereocenters. The third-order valence-corrected chi connectivity index (χ3v) is 5.13. The fourth-order valence-electron chi connectivity index (χ4n) is 2.84. The number of hydrogen-bond acceptors (Lipinski definition) is 0. The highest BCUT2D eigenvalue weighted by Crippen LogP contribution is 2.44. The minimum Gasteiger partial charge on any atom is -0.207 e. The molecule has 2 aromatic rings. The fourth-order valence-corrected chi connectivity index (χ4v) is 2.84. The average Bonchev–Trinajstić information content (AvgIpc) is 3.40. The predicted molar refractivity (Wildman–Crippen MR) is 122 cm³/mol. The van der Waals surface area contributed by atoms with Gasteiger partial charge < -0.3 is 0 Å². The molecular weight excluding hydrogens is 343 g/mol. The Morgan fingerprint density at radius 1 is 0.643 bits per heavy atom. The maximum atomic E-state index is 12.7. The van der Waals surface area contributed by atoms with Gasteiger partial charge in [0.1, 0.15) is 5.82 Å². The number of hydrogen-bond donors (Lipinski definition) is 0. The second-order valence-electron chi connectivity index (χ2n) is 11.0. The van der Waals surface area contributed by atoms with Gasteiger partial charge >= 0.3 is 0 Å². The molecule has 2 aromatic carbocycles. The Labute approximate surface area is 173 Å². The van der Waals surface area contributed by atoms with Crippen LogP contribution in [0, 0.1) is 17.2 Å². The van der Waals surface area contributed by atoms with Crippen molar-refractivity contribution in [2.75, 3.05) is 0 Å². The average molecular weight is 385 g/mol. The molecule has 1 fully saturated rings. The van der Waals surface area contributed by atoms with Crippen molar-refractivity contribution in [1.29, 1.82) is 0 Å². The molecule has 1 saturated carbocycles. The van der Waals surface area contributed by atoms with Crippen LogP contribution in [0.3, 0.4) is 0 Å². The van der Waals surface area contributed by atoms with Gasteiger partial charge in [0.2, 0.25) is 0 Å². The van der Waals surface area contributed by atoms with E-state index in [1.807, 2.05) is 6.07 Å². The molecule has 0 aromatic heterocycles. The zero-order valence-electron chi connectivity index (χ0n) is 19.6. The first kappa shape index (κ1) is 24.4. The molecule has 0 N–H and O–H groups in total. The minimum atomic E-state index is -0.155. The van der Waals surface area contributed by atoms with E-state index in [-0.39, 0.29) is 11.2 Å². The Kier molecular flexibility index (Phi) is 8.47. The van der Waals surface area contributed by atoms with Gasteiger partial charge in [0, 0.05) is 0 Å². The molecule has 0 heterocycles. The van der Waals surface area contributed by atoms with Gasteiger partial charge in [0.25, 0.3) is 0 Å². The van der Waals surface area contributed by atoms with E-state index in [1.54, 1.807) is 12.1 Å². The number of rotatable bonds is 0. The largest absolute Gasteiger partial charge is 0.207 e. The van der Waals surface area contributed by atoms with Crippen LogP contribution in [0.5, 0.6) is 0 Å². The molecular formula is C27H41F. The van der Waals surface area contributed by atoms with Crippen molar-refractivity contribution < 1.29 is 4.39 Å². The van der Waals surface area contributed by atoms with Crippen LogP contribution >= 0.6 is 0 Å². The van der Waals surface area contributed by atoms with Crippen LogP contribution in [-0.2, 0) is 10.8 Å². The lowest BCUT2D eigenvalue weighted by Gasteiger charge is -2.18. The fraction of sp³-hybridized carbons (Fsp3) is 0.556. The van der Waals surface area contributed by atoms with Gasteiger partial charge in [-0.3, -0.25) is 0 Å². The molecule has 0 radical (unpaired) electrons. The van der Waals surface area contributed by atoms with Crippen LogP contribution < -0.4 is 0 Å². The van der Waals surface area contributed by atoms with Crippen LogP contribution in [0.1, 0.15) is 86.3 Å². The molecule has 1 aliphatic carbocycles. The zero-order valence-corrected chi connectivity index (χ0v) is 19.6. The first-order valence-electron chi connectivity index (χ1n) is 10.5. The summed E-state index contributed by atoms with van der Waals surface area (Å²) in [6.45, 7) is 19.9. The molecule has 156 valence electrons. The highest BCUT2D eigenvalue weighted by Gasteiger charge is 2.33. The van der Waals surface area contributed by atoms with Crippen LogP contribution in [0.4, 0.5) is 4.39 Å². The Balaban J connectivity index is 0.000000215. The zero-order chi connectivity index (χ0) is 21.6. The van der Waals surface area contributed by atoms with Gasteiger partial charge in [0.05, 0.1) is 0 Å². The molecule has 0 bridgehead atoms. The summed E-state index contributed by atoms with van der Waals surface area (Å²) in [4.78, 5) is 0. The Hall–Kier alpha value is -1.63. The topological polar surface area (TPSA) is 0 Å². The quantitative estimate of drug-likeness (QED) is 0.427. The van der Waals surface area contributed by atoms with Crippen molar-refractivity contribution in [2.45, 2.75) is 86.0 Å². The minimum absolute atomic E-state index is 0.0437. The van der Waals surface area contributed by atoms with Gasteiger partial charge in [-0.05, 0) is 58.3 Å². The van der Waals surface area contributed by atoms with Crippen molar-refractivity contribution in [3.8, 4) is 0 Å². The molecule has 1 heteroatoms. The van der Waals surface area contributed by atoms with Gasteiger partial charge in [-0.15, -0.1) is 0 Å². The van der Waals surface area contributed by atoms with Crippen molar-refractivity contribution in [1.82, 2.24) is 0 Å². The SMILES string of the molecule is CC(C)(C)C1CC1.CC(C)(C)c1cccc(F)c1.CC(C)(C)c1ccccc1. The molecule has 0 aliphatic heterocycles. The Morgan fingerprint density at radius 3 is 1.36 bits per heavy atom. The maximum Gasteiger partial charge on any atom is 0.123 e. The standard InChI is InChI=1S/C10H13F.C10H14.C7H14/c1-10(2,3)8-5-4-6-9(11)7-8;1-10(2,3)9-7-5-4-6-8-9;1-7(2,3)6-4-5-6/h4-7H,1-3H3;4-8H,1-3H3;6H,4-5H2,1-3H3. The van der Waals surface area contributed by atoms with Crippen LogP contribution in [0.2, 0.25) is 0 Å². The lowest BCUT2D eigenvalue weighted by Crippen LogP contribution is -2.10. The van der Waals surface area contributed by atoms with Gasteiger partial charge in [-0.25, -0.2) is 4.39 Å². The first-order chi connectivity index (χ1) is 12.7. The van der Waals surface area contributed by atoms with Crippen molar-refractivity contribution in [2.24, 2.45) is 11.3 Å². The Morgan fingerprint density at radius 2 is 1.11 bits per heavy atom. The summed E-state index contributed by atoms with van der Waals surface area (Å²) < 4.78 is 12.7. The lowest BCUT2D eigenvalue weighted by molar-refractivity contribution is 0.351. The van der Waals surface area contributed by atoms with E-state index < -0.39 is 0 Å². The van der Waals surface area contributed by atoms with Crippen LogP contribution in [0.25, 0.3) is 0 Å². The Bertz CT molecular complexity index is 690. The highest BCUT2D eigenvalue weighted by molar-refractivity contribution is 5.23. The first-order valence-corrected chi connectivity index (χ1v) is 10.5. The van der Waals surface area contributed by atoms with Gasteiger partial charge in [0.15, 0.2) is 0 Å². The van der Waals surface area contributed by atoms with E-state index in [4.69, 9.17) is 0 Å². The summed E-state index contributed by atoms with van der Waals surface area (Å²) in [6.07, 6.45) is 2.95. The summed E-state index contributed by atoms with van der Waals surface area (Å²) in [6, 6.07) is 17.3. The van der Waals surface area contributed by atoms with Crippen LogP contribution in [0.15, 0.2) is 54.6 Å². The lowest BCUT2D eigenvalue weighted by atomic mass is 9.87. The summed E-state index contributed by atoms with van der Waals surface area (Å²) in [7, 11) is 0. The highest BCUT2D eigenvalue weighted by atomic mass is 19.1. The summed E-state index contributed by atoms with van der Waals surface area (Å²) in [5.41, 5.74) is 3.39. The molecule has 0 saturated heterocycles. The smallest absolute Gasteiger partial charge is 0.123 e. The second kappa shape index (κ2) is 9.72.